The Morgan fingerprint density at radius 2 is 2.00 bits per heavy atom. The van der Waals surface area contributed by atoms with Gasteiger partial charge in [0.25, 0.3) is 0 Å². The molecule has 0 saturated carbocycles. The standard InChI is InChI=1S/C14H16F2N2O2/c1-3-12-14(20)18(8(2)13(19)17-12)7-9-6-10(15)4-5-11(9)16/h4-6,8,12H,3,7H2,1-2H3,(H,17,19). The lowest BCUT2D eigenvalue weighted by molar-refractivity contribution is -0.149. The summed E-state index contributed by atoms with van der Waals surface area (Å²) in [6, 6.07) is 1.77. The quantitative estimate of drug-likeness (QED) is 0.915. The molecule has 0 aromatic heterocycles. The fraction of sp³-hybridized carbons (Fsp3) is 0.429. The van der Waals surface area contributed by atoms with E-state index in [-0.39, 0.29) is 23.9 Å². The molecule has 1 heterocycles. The van der Waals surface area contributed by atoms with Gasteiger partial charge in [-0.2, -0.15) is 0 Å². The van der Waals surface area contributed by atoms with Crippen molar-refractivity contribution in [2.24, 2.45) is 0 Å². The molecule has 0 aliphatic carbocycles. The summed E-state index contributed by atoms with van der Waals surface area (Å²) in [5, 5.41) is 2.61. The zero-order valence-corrected chi connectivity index (χ0v) is 11.3. The van der Waals surface area contributed by atoms with Crippen LogP contribution in [0, 0.1) is 11.6 Å². The van der Waals surface area contributed by atoms with Gasteiger partial charge in [0.05, 0.1) is 0 Å². The lowest BCUT2D eigenvalue weighted by Gasteiger charge is -2.37. The Kier molecular flexibility index (Phi) is 4.01. The van der Waals surface area contributed by atoms with Gasteiger partial charge in [0.15, 0.2) is 0 Å². The molecule has 1 aliphatic rings. The van der Waals surface area contributed by atoms with Crippen molar-refractivity contribution in [1.29, 1.82) is 0 Å². The Hall–Kier alpha value is -1.98. The fourth-order valence-corrected chi connectivity index (χ4v) is 2.23. The summed E-state index contributed by atoms with van der Waals surface area (Å²) < 4.78 is 26.8. The van der Waals surface area contributed by atoms with Crippen molar-refractivity contribution in [1.82, 2.24) is 10.2 Å². The molecule has 0 bridgehead atoms. The van der Waals surface area contributed by atoms with Gasteiger partial charge in [-0.25, -0.2) is 8.78 Å². The molecule has 2 atom stereocenters. The van der Waals surface area contributed by atoms with Gasteiger partial charge < -0.3 is 10.2 Å². The first kappa shape index (κ1) is 14.4. The summed E-state index contributed by atoms with van der Waals surface area (Å²) in [7, 11) is 0. The van der Waals surface area contributed by atoms with Crippen molar-refractivity contribution >= 4 is 11.8 Å². The van der Waals surface area contributed by atoms with E-state index in [1.165, 1.54) is 4.90 Å². The highest BCUT2D eigenvalue weighted by Crippen LogP contribution is 2.18. The number of nitrogens with zero attached hydrogens (tertiary/aromatic N) is 1. The molecule has 1 aliphatic heterocycles. The van der Waals surface area contributed by atoms with E-state index >= 15 is 0 Å². The van der Waals surface area contributed by atoms with E-state index in [1.807, 2.05) is 0 Å². The van der Waals surface area contributed by atoms with Crippen LogP contribution in [0.5, 0.6) is 0 Å². The van der Waals surface area contributed by atoms with E-state index in [0.717, 1.165) is 18.2 Å². The molecule has 1 N–H and O–H groups in total. The minimum absolute atomic E-state index is 0.0646. The Morgan fingerprint density at radius 1 is 1.30 bits per heavy atom. The summed E-state index contributed by atoms with van der Waals surface area (Å²) in [5.41, 5.74) is 0.0646. The number of halogens is 2. The molecule has 108 valence electrons. The van der Waals surface area contributed by atoms with Crippen molar-refractivity contribution in [3.05, 3.63) is 35.4 Å². The number of amides is 2. The predicted molar refractivity (Wildman–Crippen MR) is 68.6 cm³/mol. The van der Waals surface area contributed by atoms with Crippen LogP contribution < -0.4 is 5.32 Å². The summed E-state index contributed by atoms with van der Waals surface area (Å²) >= 11 is 0. The van der Waals surface area contributed by atoms with Crippen LogP contribution >= 0.6 is 0 Å². The topological polar surface area (TPSA) is 49.4 Å². The van der Waals surface area contributed by atoms with E-state index in [1.54, 1.807) is 13.8 Å². The summed E-state index contributed by atoms with van der Waals surface area (Å²) in [6.45, 7) is 3.23. The molecule has 2 unspecified atom stereocenters. The lowest BCUT2D eigenvalue weighted by atomic mass is 10.0. The SMILES string of the molecule is CCC1NC(=O)C(C)N(Cc2cc(F)ccc2F)C1=O. The van der Waals surface area contributed by atoms with Crippen molar-refractivity contribution in [2.45, 2.75) is 38.9 Å². The molecule has 2 amide bonds. The largest absolute Gasteiger partial charge is 0.343 e. The van der Waals surface area contributed by atoms with Crippen LogP contribution in [0.25, 0.3) is 0 Å². The Labute approximate surface area is 115 Å². The number of rotatable bonds is 3. The second-order valence-corrected chi connectivity index (χ2v) is 4.85. The lowest BCUT2D eigenvalue weighted by Crippen LogP contribution is -2.61. The van der Waals surface area contributed by atoms with E-state index in [9.17, 15) is 18.4 Å². The van der Waals surface area contributed by atoms with Crippen LogP contribution in [0.1, 0.15) is 25.8 Å². The average Bonchev–Trinajstić information content (AvgIpc) is 2.42. The Morgan fingerprint density at radius 3 is 2.65 bits per heavy atom. The number of piperazine rings is 1. The number of hydrogen-bond donors (Lipinski definition) is 1. The third-order valence-corrected chi connectivity index (χ3v) is 3.50. The third-order valence-electron chi connectivity index (χ3n) is 3.50. The predicted octanol–water partition coefficient (Wildman–Crippen LogP) is 1.59. The van der Waals surface area contributed by atoms with Crippen LogP contribution in [0.3, 0.4) is 0 Å². The highest BCUT2D eigenvalue weighted by molar-refractivity contribution is 5.96. The molecule has 20 heavy (non-hydrogen) atoms. The van der Waals surface area contributed by atoms with E-state index < -0.39 is 23.7 Å². The Balaban J connectivity index is 2.27. The smallest absolute Gasteiger partial charge is 0.246 e. The molecule has 1 saturated heterocycles. The van der Waals surface area contributed by atoms with Crippen LogP contribution in [-0.2, 0) is 16.1 Å². The monoisotopic (exact) mass is 282 g/mol. The molecule has 1 aromatic rings. The summed E-state index contributed by atoms with van der Waals surface area (Å²) in [4.78, 5) is 25.3. The molecule has 2 rings (SSSR count). The number of carbonyl (C=O) groups excluding carboxylic acids is 2. The number of nitrogens with one attached hydrogen (secondary N) is 1. The molecule has 1 aromatic carbocycles. The molecular formula is C14H16F2N2O2. The van der Waals surface area contributed by atoms with Crippen molar-refractivity contribution in [2.75, 3.05) is 0 Å². The Bertz CT molecular complexity index is 548. The van der Waals surface area contributed by atoms with E-state index in [2.05, 4.69) is 5.32 Å². The van der Waals surface area contributed by atoms with Gasteiger partial charge in [-0.1, -0.05) is 6.92 Å². The van der Waals surface area contributed by atoms with Crippen molar-refractivity contribution < 1.29 is 18.4 Å². The van der Waals surface area contributed by atoms with Gasteiger partial charge >= 0.3 is 0 Å². The maximum Gasteiger partial charge on any atom is 0.246 e. The van der Waals surface area contributed by atoms with Gasteiger partial charge in [0.2, 0.25) is 11.8 Å². The first-order valence-corrected chi connectivity index (χ1v) is 6.48. The molecule has 6 heteroatoms. The normalized spacial score (nSPS) is 22.9. The number of hydrogen-bond acceptors (Lipinski definition) is 2. The molecule has 0 spiro atoms. The highest BCUT2D eigenvalue weighted by Gasteiger charge is 2.37. The number of benzene rings is 1. The molecule has 4 nitrogen and oxygen atoms in total. The molecule has 0 radical (unpaired) electrons. The van der Waals surface area contributed by atoms with Crippen molar-refractivity contribution in [3.63, 3.8) is 0 Å². The van der Waals surface area contributed by atoms with Gasteiger partial charge in [-0.15, -0.1) is 0 Å². The zero-order valence-electron chi connectivity index (χ0n) is 11.3. The van der Waals surface area contributed by atoms with E-state index in [4.69, 9.17) is 0 Å². The van der Waals surface area contributed by atoms with Crippen LogP contribution in [0.2, 0.25) is 0 Å². The second-order valence-electron chi connectivity index (χ2n) is 4.85. The van der Waals surface area contributed by atoms with Gasteiger partial charge in [0, 0.05) is 12.1 Å². The summed E-state index contributed by atoms with van der Waals surface area (Å²) in [6.07, 6.45) is 0.458. The third kappa shape index (κ3) is 2.64. The average molecular weight is 282 g/mol. The first-order valence-electron chi connectivity index (χ1n) is 6.48. The minimum Gasteiger partial charge on any atom is -0.343 e. The molecular weight excluding hydrogens is 266 g/mol. The van der Waals surface area contributed by atoms with Gasteiger partial charge in [0.1, 0.15) is 23.7 Å². The minimum atomic E-state index is -0.701. The van der Waals surface area contributed by atoms with Gasteiger partial charge in [-0.05, 0) is 31.5 Å². The van der Waals surface area contributed by atoms with Crippen molar-refractivity contribution in [3.8, 4) is 0 Å². The van der Waals surface area contributed by atoms with Crippen LogP contribution in [0.4, 0.5) is 8.78 Å². The van der Waals surface area contributed by atoms with Crippen LogP contribution in [0.15, 0.2) is 18.2 Å². The second kappa shape index (κ2) is 5.56. The van der Waals surface area contributed by atoms with E-state index in [0.29, 0.717) is 6.42 Å². The maximum atomic E-state index is 13.6. The number of carbonyl (C=O) groups is 2. The maximum absolute atomic E-state index is 13.6. The summed E-state index contributed by atoms with van der Waals surface area (Å²) in [5.74, 6) is -1.73. The fourth-order valence-electron chi connectivity index (χ4n) is 2.23. The molecule has 1 fully saturated rings. The zero-order chi connectivity index (χ0) is 14.9. The first-order chi connectivity index (χ1) is 9.43. The van der Waals surface area contributed by atoms with Gasteiger partial charge in [-0.3, -0.25) is 9.59 Å². The highest BCUT2D eigenvalue weighted by atomic mass is 19.1. The van der Waals surface area contributed by atoms with Crippen LogP contribution in [-0.4, -0.2) is 28.8 Å².